The molecule has 33 heavy (non-hydrogen) atoms. The first kappa shape index (κ1) is 25.4. The lowest BCUT2D eigenvalue weighted by Crippen LogP contribution is -2.34. The molecule has 0 aliphatic carbocycles. The molecule has 2 aromatic carbocycles. The third-order valence-electron chi connectivity index (χ3n) is 5.19. The zero-order valence-corrected chi connectivity index (χ0v) is 21.6. The molecule has 0 radical (unpaired) electrons. The zero-order valence-electron chi connectivity index (χ0n) is 19.2. The normalized spacial score (nSPS) is 11.8. The second-order valence-corrected chi connectivity index (χ2v) is 11.5. The lowest BCUT2D eigenvalue weighted by Gasteiger charge is -2.21. The van der Waals surface area contributed by atoms with Crippen LogP contribution in [-0.2, 0) is 14.6 Å². The number of fused-ring (bicyclic) bond motifs is 1. The van der Waals surface area contributed by atoms with E-state index in [0.29, 0.717) is 28.0 Å². The molecule has 7 nitrogen and oxygen atoms in total. The van der Waals surface area contributed by atoms with E-state index in [-0.39, 0.29) is 23.0 Å². The summed E-state index contributed by atoms with van der Waals surface area (Å²) in [6.07, 6.45) is 0.591. The number of carbonyl (C=O) groups is 1. The quantitative estimate of drug-likeness (QED) is 0.402. The molecular weight excluding hydrogens is 482 g/mol. The molecule has 3 rings (SSSR count). The number of halogens is 1. The van der Waals surface area contributed by atoms with E-state index in [0.717, 1.165) is 23.2 Å². The Morgan fingerprint density at radius 1 is 1.12 bits per heavy atom. The van der Waals surface area contributed by atoms with Gasteiger partial charge in [0, 0.05) is 18.0 Å². The van der Waals surface area contributed by atoms with Crippen LogP contribution in [0.5, 0.6) is 5.75 Å². The average Bonchev–Trinajstić information content (AvgIpc) is 3.21. The van der Waals surface area contributed by atoms with E-state index in [1.807, 2.05) is 38.1 Å². The molecule has 0 bridgehead atoms. The van der Waals surface area contributed by atoms with Crippen molar-refractivity contribution in [3.8, 4) is 5.75 Å². The molecule has 1 heterocycles. The first-order chi connectivity index (χ1) is 15.6. The van der Waals surface area contributed by atoms with E-state index in [9.17, 15) is 13.2 Å². The van der Waals surface area contributed by atoms with Crippen LogP contribution in [0.25, 0.3) is 10.2 Å². The zero-order chi connectivity index (χ0) is 24.2. The minimum Gasteiger partial charge on any atom is -0.494 e. The van der Waals surface area contributed by atoms with Crippen LogP contribution in [-0.4, -0.2) is 64.3 Å². The fraction of sp³-hybridized carbons (Fsp3) is 0.391. The van der Waals surface area contributed by atoms with Gasteiger partial charge < -0.3 is 9.64 Å². The van der Waals surface area contributed by atoms with Crippen molar-refractivity contribution in [2.75, 3.05) is 44.9 Å². The van der Waals surface area contributed by atoms with Crippen LogP contribution >= 0.6 is 22.9 Å². The number of hydrogen-bond acceptors (Lipinski definition) is 7. The van der Waals surface area contributed by atoms with Gasteiger partial charge in [0.25, 0.3) is 0 Å². The van der Waals surface area contributed by atoms with Crippen molar-refractivity contribution in [1.29, 1.82) is 0 Å². The van der Waals surface area contributed by atoms with Crippen molar-refractivity contribution in [3.05, 3.63) is 47.0 Å². The predicted octanol–water partition coefficient (Wildman–Crippen LogP) is 4.42. The van der Waals surface area contributed by atoms with Crippen molar-refractivity contribution in [3.63, 3.8) is 0 Å². The molecule has 0 fully saturated rings. The number of aromatic nitrogens is 1. The highest BCUT2D eigenvalue weighted by atomic mass is 35.5. The molecule has 0 saturated heterocycles. The number of methoxy groups -OCH3 is 1. The Morgan fingerprint density at radius 2 is 1.82 bits per heavy atom. The van der Waals surface area contributed by atoms with Crippen LogP contribution in [0.2, 0.25) is 5.02 Å². The number of nitrogens with zero attached hydrogens (tertiary/aromatic N) is 3. The molecule has 1 amide bonds. The molecule has 10 heteroatoms. The third kappa shape index (κ3) is 6.23. The van der Waals surface area contributed by atoms with E-state index in [1.165, 1.54) is 35.6 Å². The molecule has 0 aliphatic heterocycles. The summed E-state index contributed by atoms with van der Waals surface area (Å²) in [7, 11) is 1.91. The van der Waals surface area contributed by atoms with Gasteiger partial charge in [-0.2, -0.15) is 0 Å². The van der Waals surface area contributed by atoms with Gasteiger partial charge in [0.2, 0.25) is 5.91 Å². The molecule has 0 atom stereocenters. The highest BCUT2D eigenvalue weighted by Crippen LogP contribution is 2.36. The van der Waals surface area contributed by atoms with Crippen molar-refractivity contribution >= 4 is 54.0 Å². The number of thiazole rings is 1. The Bertz CT molecular complexity index is 1220. The summed E-state index contributed by atoms with van der Waals surface area (Å²) in [5, 5.41) is 1.00. The Morgan fingerprint density at radius 3 is 2.45 bits per heavy atom. The topological polar surface area (TPSA) is 79.8 Å². The molecule has 0 aliphatic rings. The molecular formula is C23H28ClN3O4S2. The van der Waals surface area contributed by atoms with Crippen LogP contribution in [0.1, 0.15) is 18.4 Å². The van der Waals surface area contributed by atoms with E-state index < -0.39 is 9.84 Å². The Balaban J connectivity index is 1.85. The summed E-state index contributed by atoms with van der Waals surface area (Å²) >= 11 is 7.28. The summed E-state index contributed by atoms with van der Waals surface area (Å²) in [5.74, 6) is 0.0799. The lowest BCUT2D eigenvalue weighted by molar-refractivity contribution is -0.118. The second kappa shape index (κ2) is 10.8. The number of benzene rings is 2. The van der Waals surface area contributed by atoms with Gasteiger partial charge in [-0.25, -0.2) is 13.4 Å². The van der Waals surface area contributed by atoms with Gasteiger partial charge in [-0.3, -0.25) is 9.69 Å². The number of anilines is 1. The Hall–Kier alpha value is -2.20. The minimum atomic E-state index is -3.62. The smallest absolute Gasteiger partial charge is 0.229 e. The average molecular weight is 510 g/mol. The molecule has 0 unspecified atom stereocenters. The molecule has 0 N–H and O–H groups in total. The largest absolute Gasteiger partial charge is 0.494 e. The fourth-order valence-electron chi connectivity index (χ4n) is 3.37. The Kier molecular flexibility index (Phi) is 8.33. The van der Waals surface area contributed by atoms with Gasteiger partial charge in [0.05, 0.1) is 22.5 Å². The number of rotatable bonds is 10. The van der Waals surface area contributed by atoms with Gasteiger partial charge in [-0.15, -0.1) is 0 Å². The molecule has 178 valence electrons. The maximum atomic E-state index is 13.2. The van der Waals surface area contributed by atoms with Gasteiger partial charge in [0.15, 0.2) is 15.0 Å². The molecule has 1 aromatic heterocycles. The molecule has 0 spiro atoms. The van der Waals surface area contributed by atoms with Crippen molar-refractivity contribution in [2.45, 2.75) is 24.7 Å². The number of sulfone groups is 1. The number of hydrogen-bond donors (Lipinski definition) is 0. The number of carbonyl (C=O) groups excluding carboxylic acids is 1. The van der Waals surface area contributed by atoms with E-state index in [1.54, 1.807) is 12.0 Å². The van der Waals surface area contributed by atoms with Crippen LogP contribution in [0.4, 0.5) is 5.13 Å². The standard InChI is InChI=1S/C23H28ClN3O4S2/c1-16-6-11-19(31-4)21-22(16)32-23(25-21)27(14-5-13-26(2)3)20(28)12-15-33(29,30)18-9-7-17(24)8-10-18/h6-11H,5,12-15H2,1-4H3. The summed E-state index contributed by atoms with van der Waals surface area (Å²) in [6, 6.07) is 9.79. The van der Waals surface area contributed by atoms with Crippen molar-refractivity contribution in [2.24, 2.45) is 0 Å². The SMILES string of the molecule is COc1ccc(C)c2sc(N(CCCN(C)C)C(=O)CCS(=O)(=O)c3ccc(Cl)cc3)nc12. The number of amides is 1. The van der Waals surface area contributed by atoms with Gasteiger partial charge in [0.1, 0.15) is 11.3 Å². The van der Waals surface area contributed by atoms with Gasteiger partial charge in [-0.05, 0) is 69.9 Å². The first-order valence-electron chi connectivity index (χ1n) is 10.5. The minimum absolute atomic E-state index is 0.140. The fourth-order valence-corrected chi connectivity index (χ4v) is 5.82. The highest BCUT2D eigenvalue weighted by Gasteiger charge is 2.24. The number of aryl methyl sites for hydroxylation is 1. The third-order valence-corrected chi connectivity index (χ3v) is 8.39. The number of ether oxygens (including phenoxy) is 1. The maximum Gasteiger partial charge on any atom is 0.229 e. The summed E-state index contributed by atoms with van der Waals surface area (Å²) in [6.45, 7) is 3.22. The molecule has 3 aromatic rings. The van der Waals surface area contributed by atoms with Crippen LogP contribution < -0.4 is 9.64 Å². The highest BCUT2D eigenvalue weighted by molar-refractivity contribution is 7.91. The van der Waals surface area contributed by atoms with Crippen LogP contribution in [0.15, 0.2) is 41.3 Å². The van der Waals surface area contributed by atoms with Crippen molar-refractivity contribution < 1.29 is 17.9 Å². The Labute approximate surface area is 203 Å². The summed E-state index contributed by atoms with van der Waals surface area (Å²) in [4.78, 5) is 21.7. The van der Waals surface area contributed by atoms with E-state index in [4.69, 9.17) is 21.3 Å². The van der Waals surface area contributed by atoms with Crippen LogP contribution in [0.3, 0.4) is 0 Å². The second-order valence-electron chi connectivity index (χ2n) is 7.98. The van der Waals surface area contributed by atoms with Crippen molar-refractivity contribution in [1.82, 2.24) is 9.88 Å². The van der Waals surface area contributed by atoms with E-state index >= 15 is 0 Å². The first-order valence-corrected chi connectivity index (χ1v) is 13.3. The predicted molar refractivity (Wildman–Crippen MR) is 135 cm³/mol. The van der Waals surface area contributed by atoms with Crippen LogP contribution in [0, 0.1) is 6.92 Å². The maximum absolute atomic E-state index is 13.2. The van der Waals surface area contributed by atoms with E-state index in [2.05, 4.69) is 0 Å². The van der Waals surface area contributed by atoms with Gasteiger partial charge >= 0.3 is 0 Å². The summed E-state index contributed by atoms with van der Waals surface area (Å²) < 4.78 is 31.9. The van der Waals surface area contributed by atoms with Gasteiger partial charge in [-0.1, -0.05) is 29.0 Å². The summed E-state index contributed by atoms with van der Waals surface area (Å²) in [5.41, 5.74) is 1.75. The monoisotopic (exact) mass is 509 g/mol. The molecule has 0 saturated carbocycles. The lowest BCUT2D eigenvalue weighted by atomic mass is 10.2.